The number of carboxylic acids is 1. The van der Waals surface area contributed by atoms with Crippen molar-refractivity contribution in [3.63, 3.8) is 0 Å². The maximum atomic E-state index is 12.3. The molecule has 1 aromatic heterocycles. The standard InChI is InChI=1S/C13H13NO4S2/c1-3-9(12(16)17)14-11(15)10(20-13(14)19)6-8-5-4-7(2)18-8/h4-6,9H,3H2,1-2H3,(H,16,17)/t9-/m1/s1. The van der Waals surface area contributed by atoms with Gasteiger partial charge in [-0.3, -0.25) is 9.69 Å². The second kappa shape index (κ2) is 5.80. The lowest BCUT2D eigenvalue weighted by molar-refractivity contribution is -0.145. The molecule has 5 nitrogen and oxygen atoms in total. The van der Waals surface area contributed by atoms with E-state index in [0.29, 0.717) is 17.1 Å². The zero-order valence-electron chi connectivity index (χ0n) is 11.0. The smallest absolute Gasteiger partial charge is 0.326 e. The third-order valence-corrected chi connectivity index (χ3v) is 4.17. The summed E-state index contributed by atoms with van der Waals surface area (Å²) >= 11 is 6.20. The highest BCUT2D eigenvalue weighted by molar-refractivity contribution is 8.26. The van der Waals surface area contributed by atoms with Crippen molar-refractivity contribution in [2.45, 2.75) is 26.3 Å². The number of carboxylic acid groups (broad SMARTS) is 1. The largest absolute Gasteiger partial charge is 0.480 e. The number of aliphatic carboxylic acids is 1. The van der Waals surface area contributed by atoms with Crippen LogP contribution in [0.5, 0.6) is 0 Å². The van der Waals surface area contributed by atoms with E-state index in [0.717, 1.165) is 22.4 Å². The third-order valence-electron chi connectivity index (χ3n) is 2.84. The summed E-state index contributed by atoms with van der Waals surface area (Å²) in [7, 11) is 0. The van der Waals surface area contributed by atoms with Crippen molar-refractivity contribution in [2.24, 2.45) is 0 Å². The molecule has 20 heavy (non-hydrogen) atoms. The van der Waals surface area contributed by atoms with E-state index >= 15 is 0 Å². The van der Waals surface area contributed by atoms with Gasteiger partial charge in [0, 0.05) is 6.08 Å². The van der Waals surface area contributed by atoms with Gasteiger partial charge >= 0.3 is 5.97 Å². The molecule has 1 saturated heterocycles. The fourth-order valence-corrected chi connectivity index (χ4v) is 3.21. The van der Waals surface area contributed by atoms with Gasteiger partial charge in [-0.2, -0.15) is 0 Å². The number of nitrogens with zero attached hydrogens (tertiary/aromatic N) is 1. The Bertz CT molecular complexity index is 605. The zero-order chi connectivity index (χ0) is 14.9. The predicted octanol–water partition coefficient (Wildman–Crippen LogP) is 2.65. The molecule has 0 aromatic carbocycles. The molecule has 1 N–H and O–H groups in total. The molecule has 2 rings (SSSR count). The van der Waals surface area contributed by atoms with Gasteiger partial charge in [-0.05, 0) is 25.5 Å². The first-order valence-electron chi connectivity index (χ1n) is 6.00. The van der Waals surface area contributed by atoms with E-state index in [-0.39, 0.29) is 10.2 Å². The molecular formula is C13H13NO4S2. The lowest BCUT2D eigenvalue weighted by Gasteiger charge is -2.21. The monoisotopic (exact) mass is 311 g/mol. The first kappa shape index (κ1) is 14.8. The van der Waals surface area contributed by atoms with E-state index in [2.05, 4.69) is 0 Å². The second-order valence-corrected chi connectivity index (χ2v) is 5.94. The summed E-state index contributed by atoms with van der Waals surface area (Å²) in [6, 6.07) is 2.61. The van der Waals surface area contributed by atoms with Crippen LogP contribution < -0.4 is 0 Å². The number of carbonyl (C=O) groups is 2. The highest BCUT2D eigenvalue weighted by Crippen LogP contribution is 2.34. The van der Waals surface area contributed by atoms with Crippen LogP contribution in [0.3, 0.4) is 0 Å². The maximum absolute atomic E-state index is 12.3. The normalized spacial score (nSPS) is 18.9. The topological polar surface area (TPSA) is 70.8 Å². The number of hydrogen-bond acceptors (Lipinski definition) is 5. The van der Waals surface area contributed by atoms with Crippen LogP contribution in [0.15, 0.2) is 21.5 Å². The molecule has 106 valence electrons. The predicted molar refractivity (Wildman–Crippen MR) is 80.2 cm³/mol. The Balaban J connectivity index is 2.29. The Morgan fingerprint density at radius 2 is 2.30 bits per heavy atom. The molecule has 2 heterocycles. The van der Waals surface area contributed by atoms with Crippen molar-refractivity contribution in [1.29, 1.82) is 0 Å². The lowest BCUT2D eigenvalue weighted by Crippen LogP contribution is -2.43. The summed E-state index contributed by atoms with van der Waals surface area (Å²) in [4.78, 5) is 25.0. The molecular weight excluding hydrogens is 298 g/mol. The summed E-state index contributed by atoms with van der Waals surface area (Å²) in [6.45, 7) is 3.51. The number of amides is 1. The first-order chi connectivity index (χ1) is 9.43. The molecule has 0 bridgehead atoms. The molecule has 0 aliphatic carbocycles. The number of thioether (sulfide) groups is 1. The fraction of sp³-hybridized carbons (Fsp3) is 0.308. The Labute approximate surface area is 125 Å². The SMILES string of the molecule is CC[C@H](C(=O)O)N1C(=O)C(=Cc2ccc(C)o2)SC1=S. The number of thiocarbonyl (C=S) groups is 1. The fourth-order valence-electron chi connectivity index (χ4n) is 1.88. The van der Waals surface area contributed by atoms with Crippen LogP contribution in [-0.4, -0.2) is 32.2 Å². The number of carbonyl (C=O) groups excluding carboxylic acids is 1. The zero-order valence-corrected chi connectivity index (χ0v) is 12.6. The molecule has 7 heteroatoms. The van der Waals surface area contributed by atoms with Gasteiger partial charge in [-0.25, -0.2) is 4.79 Å². The maximum Gasteiger partial charge on any atom is 0.326 e. The molecule has 1 aliphatic heterocycles. The second-order valence-electron chi connectivity index (χ2n) is 4.26. The molecule has 0 unspecified atom stereocenters. The van der Waals surface area contributed by atoms with Crippen molar-refractivity contribution in [3.8, 4) is 0 Å². The summed E-state index contributed by atoms with van der Waals surface area (Å²) in [5, 5.41) is 9.15. The van der Waals surface area contributed by atoms with Crippen LogP contribution in [0.4, 0.5) is 0 Å². The van der Waals surface area contributed by atoms with Gasteiger partial charge in [0.2, 0.25) is 0 Å². The van der Waals surface area contributed by atoms with Crippen molar-refractivity contribution < 1.29 is 19.1 Å². The van der Waals surface area contributed by atoms with Gasteiger partial charge in [-0.15, -0.1) is 0 Å². The van der Waals surface area contributed by atoms with E-state index in [4.69, 9.17) is 21.7 Å². The molecule has 1 fully saturated rings. The van der Waals surface area contributed by atoms with Gasteiger partial charge in [-0.1, -0.05) is 30.9 Å². The summed E-state index contributed by atoms with van der Waals surface area (Å²) in [5.41, 5.74) is 0. The van der Waals surface area contributed by atoms with E-state index in [1.54, 1.807) is 32.1 Å². The van der Waals surface area contributed by atoms with E-state index in [1.165, 1.54) is 0 Å². The molecule has 0 spiro atoms. The van der Waals surface area contributed by atoms with Crippen LogP contribution in [-0.2, 0) is 9.59 Å². The Hall–Kier alpha value is -1.60. The Morgan fingerprint density at radius 3 is 2.80 bits per heavy atom. The van der Waals surface area contributed by atoms with Gasteiger partial charge in [0.05, 0.1) is 4.91 Å². The van der Waals surface area contributed by atoms with Gasteiger partial charge in [0.15, 0.2) is 0 Å². The average molecular weight is 311 g/mol. The highest BCUT2D eigenvalue weighted by Gasteiger charge is 2.39. The van der Waals surface area contributed by atoms with Gasteiger partial charge < -0.3 is 9.52 Å². The minimum Gasteiger partial charge on any atom is -0.480 e. The van der Waals surface area contributed by atoms with Crippen molar-refractivity contribution in [1.82, 2.24) is 4.90 Å². The first-order valence-corrected chi connectivity index (χ1v) is 7.22. The third kappa shape index (κ3) is 2.78. The number of furan rings is 1. The summed E-state index contributed by atoms with van der Waals surface area (Å²) in [6.07, 6.45) is 1.88. The quantitative estimate of drug-likeness (QED) is 0.681. The highest BCUT2D eigenvalue weighted by atomic mass is 32.2. The molecule has 0 radical (unpaired) electrons. The summed E-state index contributed by atoms with van der Waals surface area (Å²) in [5.74, 6) is -0.155. The Morgan fingerprint density at radius 1 is 1.60 bits per heavy atom. The van der Waals surface area contributed by atoms with Crippen LogP contribution in [0, 0.1) is 6.92 Å². The molecule has 1 aliphatic rings. The minimum atomic E-state index is -1.06. The number of rotatable bonds is 4. The average Bonchev–Trinajstić information content (AvgIpc) is 2.89. The van der Waals surface area contributed by atoms with Gasteiger partial charge in [0.1, 0.15) is 21.9 Å². The minimum absolute atomic E-state index is 0.263. The van der Waals surface area contributed by atoms with Crippen LogP contribution in [0.2, 0.25) is 0 Å². The molecule has 1 atom stereocenters. The molecule has 1 aromatic rings. The number of hydrogen-bond donors (Lipinski definition) is 1. The van der Waals surface area contributed by atoms with E-state index in [1.807, 2.05) is 0 Å². The van der Waals surface area contributed by atoms with Crippen LogP contribution in [0.1, 0.15) is 24.9 Å². The van der Waals surface area contributed by atoms with E-state index < -0.39 is 12.0 Å². The van der Waals surface area contributed by atoms with Crippen molar-refractivity contribution in [2.75, 3.05) is 0 Å². The van der Waals surface area contributed by atoms with Crippen molar-refractivity contribution in [3.05, 3.63) is 28.6 Å². The van der Waals surface area contributed by atoms with Crippen LogP contribution in [0.25, 0.3) is 6.08 Å². The lowest BCUT2D eigenvalue weighted by atomic mass is 10.2. The van der Waals surface area contributed by atoms with E-state index in [9.17, 15) is 9.59 Å². The molecule has 0 saturated carbocycles. The van der Waals surface area contributed by atoms with Crippen LogP contribution >= 0.6 is 24.0 Å². The van der Waals surface area contributed by atoms with Crippen molar-refractivity contribution >= 4 is 46.3 Å². The Kier molecular flexibility index (Phi) is 4.29. The summed E-state index contributed by atoms with van der Waals surface area (Å²) < 4.78 is 5.64. The molecule has 1 amide bonds. The number of aryl methyl sites for hydroxylation is 1. The van der Waals surface area contributed by atoms with Gasteiger partial charge in [0.25, 0.3) is 5.91 Å².